The van der Waals surface area contributed by atoms with Crippen molar-refractivity contribution < 1.29 is 80.2 Å². The highest BCUT2D eigenvalue weighted by Gasteiger charge is 2.30. The number of phosphoric ester groups is 2. The topological polar surface area (TPSA) is 237 Å². The number of carbonyl (C=O) groups is 4. The van der Waals surface area contributed by atoms with Crippen molar-refractivity contribution in [3.63, 3.8) is 0 Å². The Morgan fingerprint density at radius 1 is 0.273 bits per heavy atom. The lowest BCUT2D eigenvalue weighted by molar-refractivity contribution is -0.161. The minimum absolute atomic E-state index is 0.0993. The summed E-state index contributed by atoms with van der Waals surface area (Å²) in [5, 5.41) is 10.5. The molecule has 522 valence electrons. The molecule has 0 saturated heterocycles. The molecule has 5 atom stereocenters. The zero-order valence-corrected chi connectivity index (χ0v) is 58.5. The van der Waals surface area contributed by atoms with Crippen LogP contribution in [0.15, 0.2) is 0 Å². The SMILES string of the molecule is CCCCCCCCCCCCCCCCCCCCCCCC(=O)O[C@H](COC(=O)CCCCCCCCCCCCCCCCCCC)COP(=O)(O)OC[C@@H](O)COP(=O)(O)OC[C@@H](COC(=O)CCCCCCC)OC(=O)CCCCCCC. The summed E-state index contributed by atoms with van der Waals surface area (Å²) in [6.45, 7) is 4.74. The summed E-state index contributed by atoms with van der Waals surface area (Å²) in [7, 11) is -9.87. The van der Waals surface area contributed by atoms with Gasteiger partial charge in [0.05, 0.1) is 26.4 Å². The first kappa shape index (κ1) is 86.1. The normalized spacial score (nSPS) is 14.0. The van der Waals surface area contributed by atoms with E-state index in [-0.39, 0.29) is 25.7 Å². The third kappa shape index (κ3) is 62.8. The number of unbranched alkanes of at least 4 members (excludes halogenated alkanes) is 44. The predicted molar refractivity (Wildman–Crippen MR) is 354 cm³/mol. The molecule has 0 aliphatic carbocycles. The van der Waals surface area contributed by atoms with Gasteiger partial charge in [0, 0.05) is 25.7 Å². The lowest BCUT2D eigenvalue weighted by Gasteiger charge is -2.21. The molecule has 88 heavy (non-hydrogen) atoms. The summed E-state index contributed by atoms with van der Waals surface area (Å²) < 4.78 is 67.7. The van der Waals surface area contributed by atoms with Crippen molar-refractivity contribution in [2.24, 2.45) is 0 Å². The van der Waals surface area contributed by atoms with Gasteiger partial charge in [-0.2, -0.15) is 0 Å². The van der Waals surface area contributed by atoms with Crippen molar-refractivity contribution in [1.29, 1.82) is 0 Å². The van der Waals surface area contributed by atoms with Crippen LogP contribution in [-0.4, -0.2) is 96.7 Å². The van der Waals surface area contributed by atoms with Crippen molar-refractivity contribution in [1.82, 2.24) is 0 Å². The van der Waals surface area contributed by atoms with E-state index >= 15 is 0 Å². The molecule has 0 heterocycles. The Balaban J connectivity index is 5.03. The molecule has 0 radical (unpaired) electrons. The molecule has 0 aromatic heterocycles. The van der Waals surface area contributed by atoms with E-state index in [2.05, 4.69) is 27.7 Å². The van der Waals surface area contributed by atoms with Crippen LogP contribution >= 0.6 is 15.6 Å². The molecule has 3 N–H and O–H groups in total. The first-order chi connectivity index (χ1) is 42.7. The smallest absolute Gasteiger partial charge is 0.462 e. The van der Waals surface area contributed by atoms with Crippen LogP contribution in [0.5, 0.6) is 0 Å². The van der Waals surface area contributed by atoms with E-state index in [0.717, 1.165) is 96.3 Å². The molecule has 0 bridgehead atoms. The van der Waals surface area contributed by atoms with Crippen molar-refractivity contribution in [2.75, 3.05) is 39.6 Å². The maximum atomic E-state index is 13.0. The second-order valence-corrected chi connectivity index (χ2v) is 27.8. The van der Waals surface area contributed by atoms with Crippen LogP contribution in [0.1, 0.15) is 362 Å². The van der Waals surface area contributed by atoms with Gasteiger partial charge in [0.1, 0.15) is 19.3 Å². The van der Waals surface area contributed by atoms with Gasteiger partial charge in [-0.3, -0.25) is 37.3 Å². The predicted octanol–water partition coefficient (Wildman–Crippen LogP) is 19.9. The van der Waals surface area contributed by atoms with Gasteiger partial charge >= 0.3 is 39.5 Å². The highest BCUT2D eigenvalue weighted by molar-refractivity contribution is 7.47. The van der Waals surface area contributed by atoms with E-state index in [9.17, 15) is 43.2 Å². The summed E-state index contributed by atoms with van der Waals surface area (Å²) >= 11 is 0. The summed E-state index contributed by atoms with van der Waals surface area (Å²) in [6.07, 6.45) is 52.4. The minimum atomic E-state index is -4.95. The molecule has 0 aliphatic heterocycles. The highest BCUT2D eigenvalue weighted by Crippen LogP contribution is 2.45. The van der Waals surface area contributed by atoms with E-state index in [1.54, 1.807) is 0 Å². The Hall–Kier alpha value is -1.94. The molecule has 0 saturated carbocycles. The number of aliphatic hydroxyl groups excluding tert-OH is 1. The molecule has 0 spiro atoms. The van der Waals surface area contributed by atoms with E-state index in [1.807, 2.05) is 0 Å². The molecule has 0 aromatic rings. The average molecular weight is 1300 g/mol. The van der Waals surface area contributed by atoms with Crippen LogP contribution in [0.3, 0.4) is 0 Å². The lowest BCUT2D eigenvalue weighted by Crippen LogP contribution is -2.30. The van der Waals surface area contributed by atoms with Gasteiger partial charge in [0.15, 0.2) is 12.2 Å². The van der Waals surface area contributed by atoms with E-state index < -0.39 is 97.5 Å². The molecular weight excluding hydrogens is 1160 g/mol. The number of rotatable bonds is 70. The van der Waals surface area contributed by atoms with Gasteiger partial charge in [-0.1, -0.05) is 310 Å². The van der Waals surface area contributed by atoms with Crippen LogP contribution in [-0.2, 0) is 65.4 Å². The highest BCUT2D eigenvalue weighted by atomic mass is 31.2. The molecular formula is C69H134O17P2. The summed E-state index contributed by atoms with van der Waals surface area (Å²) in [4.78, 5) is 71.9. The van der Waals surface area contributed by atoms with E-state index in [0.29, 0.717) is 25.7 Å². The fraction of sp³-hybridized carbons (Fsp3) is 0.942. The van der Waals surface area contributed by atoms with Crippen molar-refractivity contribution in [3.8, 4) is 0 Å². The Labute approximate surface area is 537 Å². The monoisotopic (exact) mass is 1300 g/mol. The molecule has 0 aliphatic rings. The summed E-state index contributed by atoms with van der Waals surface area (Å²) in [5.74, 6) is -2.15. The number of aliphatic hydroxyl groups is 1. The second-order valence-electron chi connectivity index (χ2n) is 24.9. The van der Waals surface area contributed by atoms with Crippen LogP contribution in [0.25, 0.3) is 0 Å². The summed E-state index contributed by atoms with van der Waals surface area (Å²) in [6, 6.07) is 0. The van der Waals surface area contributed by atoms with Crippen LogP contribution in [0.2, 0.25) is 0 Å². The standard InChI is InChI=1S/C69H134O17P2/c1-5-9-13-17-19-21-23-25-27-29-30-31-32-34-36-38-40-42-44-48-52-56-69(74)86-65(60-80-67(72)54-50-47-43-41-39-37-35-33-28-26-24-22-20-18-14-10-6-2)62-84-88(77,78)82-58-63(70)57-81-87(75,76)83-61-64(85-68(73)55-51-46-16-12-8-4)59-79-66(71)53-49-45-15-11-7-3/h63-65,70H,5-62H2,1-4H3,(H,75,76)(H,77,78)/t63-,64+,65+/m0/s1. The van der Waals surface area contributed by atoms with E-state index in [4.69, 9.17) is 37.0 Å². The van der Waals surface area contributed by atoms with E-state index in [1.165, 1.54) is 186 Å². The van der Waals surface area contributed by atoms with Gasteiger partial charge in [-0.15, -0.1) is 0 Å². The number of hydrogen-bond donors (Lipinski definition) is 3. The maximum absolute atomic E-state index is 13.0. The van der Waals surface area contributed by atoms with Gasteiger partial charge in [-0.25, -0.2) is 9.13 Å². The zero-order chi connectivity index (χ0) is 64.7. The first-order valence-electron chi connectivity index (χ1n) is 36.3. The van der Waals surface area contributed by atoms with Crippen molar-refractivity contribution in [2.45, 2.75) is 380 Å². The number of phosphoric acid groups is 2. The molecule has 0 aromatic carbocycles. The Morgan fingerprint density at radius 3 is 0.670 bits per heavy atom. The van der Waals surface area contributed by atoms with Crippen LogP contribution in [0, 0.1) is 0 Å². The Bertz CT molecular complexity index is 1690. The fourth-order valence-electron chi connectivity index (χ4n) is 10.5. The van der Waals surface area contributed by atoms with Gasteiger partial charge < -0.3 is 33.8 Å². The summed E-state index contributed by atoms with van der Waals surface area (Å²) in [5.41, 5.74) is 0. The number of carbonyl (C=O) groups excluding carboxylic acids is 4. The third-order valence-electron chi connectivity index (χ3n) is 16.1. The Morgan fingerprint density at radius 2 is 0.455 bits per heavy atom. The van der Waals surface area contributed by atoms with Crippen molar-refractivity contribution >= 4 is 39.5 Å². The number of ether oxygens (including phenoxy) is 4. The molecule has 19 heteroatoms. The van der Waals surface area contributed by atoms with Crippen LogP contribution in [0.4, 0.5) is 0 Å². The van der Waals surface area contributed by atoms with Gasteiger partial charge in [-0.05, 0) is 25.7 Å². The molecule has 0 rings (SSSR count). The average Bonchev–Trinajstić information content (AvgIpc) is 3.71. The van der Waals surface area contributed by atoms with Crippen molar-refractivity contribution in [3.05, 3.63) is 0 Å². The van der Waals surface area contributed by atoms with Gasteiger partial charge in [0.2, 0.25) is 0 Å². The zero-order valence-electron chi connectivity index (χ0n) is 56.7. The van der Waals surface area contributed by atoms with Gasteiger partial charge in [0.25, 0.3) is 0 Å². The third-order valence-corrected chi connectivity index (χ3v) is 18.0. The number of esters is 4. The molecule has 0 fully saturated rings. The maximum Gasteiger partial charge on any atom is 0.472 e. The van der Waals surface area contributed by atoms with Crippen LogP contribution < -0.4 is 0 Å². The second kappa shape index (κ2) is 63.8. The Kier molecular flexibility index (Phi) is 62.4. The molecule has 2 unspecified atom stereocenters. The first-order valence-corrected chi connectivity index (χ1v) is 39.3. The molecule has 17 nitrogen and oxygen atoms in total. The quantitative estimate of drug-likeness (QED) is 0.0222. The number of hydrogen-bond acceptors (Lipinski definition) is 15. The lowest BCUT2D eigenvalue weighted by atomic mass is 10.0. The molecule has 0 amide bonds. The fourth-order valence-corrected chi connectivity index (χ4v) is 12.1. The largest absolute Gasteiger partial charge is 0.472 e. The minimum Gasteiger partial charge on any atom is -0.462 e.